The van der Waals surface area contributed by atoms with Crippen LogP contribution in [0.25, 0.3) is 0 Å². The lowest BCUT2D eigenvalue weighted by atomic mass is 9.75. The summed E-state index contributed by atoms with van der Waals surface area (Å²) in [6.07, 6.45) is 2.31. The number of hydrogen-bond donors (Lipinski definition) is 1. The van der Waals surface area contributed by atoms with Crippen LogP contribution >= 0.6 is 0 Å². The fourth-order valence-corrected chi connectivity index (χ4v) is 8.24. The fraction of sp³-hybridized carbons (Fsp3) is 0.375. The molecule has 8 heteroatoms. The van der Waals surface area contributed by atoms with Crippen LogP contribution in [0.4, 0.5) is 20.2 Å². The van der Waals surface area contributed by atoms with Crippen molar-refractivity contribution >= 4 is 17.3 Å². The molecule has 0 bridgehead atoms. The number of piperidine rings is 1. The van der Waals surface area contributed by atoms with Gasteiger partial charge < -0.3 is 19.9 Å². The van der Waals surface area contributed by atoms with Gasteiger partial charge in [-0.3, -0.25) is 9.69 Å². The highest BCUT2D eigenvalue weighted by molar-refractivity contribution is 5.98. The lowest BCUT2D eigenvalue weighted by Gasteiger charge is -2.40. The molecule has 2 atom stereocenters. The van der Waals surface area contributed by atoms with Crippen molar-refractivity contribution in [3.05, 3.63) is 124 Å². The smallest absolute Gasteiger partial charge is 0.252 e. The van der Waals surface area contributed by atoms with Crippen molar-refractivity contribution in [3.8, 4) is 5.75 Å². The summed E-state index contributed by atoms with van der Waals surface area (Å²) in [7, 11) is 0. The molecule has 8 rings (SSSR count). The van der Waals surface area contributed by atoms with Crippen molar-refractivity contribution in [1.29, 1.82) is 0 Å². The molecule has 248 valence electrons. The SMILES string of the molecule is Cc1cc(C2COc3ccccc3C2c2ccc(N3CCC(CN4CCN(c5cc6c(cc5F)C(=O)NC6)CC4)CC3)cc2)ccc1F. The first-order valence-corrected chi connectivity index (χ1v) is 17.3. The summed E-state index contributed by atoms with van der Waals surface area (Å²) in [5.41, 5.74) is 7.42. The maximum atomic E-state index is 14.9. The molecule has 4 aliphatic rings. The van der Waals surface area contributed by atoms with Crippen molar-refractivity contribution in [3.63, 3.8) is 0 Å². The van der Waals surface area contributed by atoms with E-state index in [1.54, 1.807) is 6.07 Å². The molecule has 48 heavy (non-hydrogen) atoms. The highest BCUT2D eigenvalue weighted by Gasteiger charge is 2.34. The second-order valence-electron chi connectivity index (χ2n) is 13.9. The third-order valence-corrected chi connectivity index (χ3v) is 11.0. The van der Waals surface area contributed by atoms with Gasteiger partial charge in [0.25, 0.3) is 5.91 Å². The minimum Gasteiger partial charge on any atom is -0.493 e. The number of benzene rings is 4. The Morgan fingerprint density at radius 2 is 1.56 bits per heavy atom. The van der Waals surface area contributed by atoms with Gasteiger partial charge in [0.05, 0.1) is 12.3 Å². The number of carbonyl (C=O) groups excluding carboxylic acids is 1. The molecule has 0 aliphatic carbocycles. The van der Waals surface area contributed by atoms with E-state index in [1.807, 2.05) is 37.3 Å². The minimum atomic E-state index is -0.306. The molecule has 6 nitrogen and oxygen atoms in total. The zero-order valence-corrected chi connectivity index (χ0v) is 27.4. The van der Waals surface area contributed by atoms with Gasteiger partial charge in [-0.15, -0.1) is 0 Å². The normalized spacial score (nSPS) is 21.4. The molecule has 0 saturated carbocycles. The topological polar surface area (TPSA) is 48.1 Å². The predicted molar refractivity (Wildman–Crippen MR) is 185 cm³/mol. The molecule has 2 unspecified atom stereocenters. The van der Waals surface area contributed by atoms with Crippen LogP contribution in [0.15, 0.2) is 78.9 Å². The Bertz CT molecular complexity index is 1810. The number of rotatable bonds is 6. The quantitative estimate of drug-likeness (QED) is 0.248. The number of anilines is 2. The number of amides is 1. The third kappa shape index (κ3) is 5.91. The number of halogens is 2. The maximum Gasteiger partial charge on any atom is 0.252 e. The van der Waals surface area contributed by atoms with E-state index >= 15 is 0 Å². The molecule has 4 aromatic carbocycles. The molecule has 2 saturated heterocycles. The number of ether oxygens (including phenoxy) is 1. The minimum absolute atomic E-state index is 0.0954. The first-order chi connectivity index (χ1) is 23.4. The van der Waals surface area contributed by atoms with Crippen LogP contribution in [0.1, 0.15) is 62.9 Å². The van der Waals surface area contributed by atoms with E-state index in [4.69, 9.17) is 4.74 Å². The van der Waals surface area contributed by atoms with Crippen LogP contribution in [0.2, 0.25) is 0 Å². The van der Waals surface area contributed by atoms with Crippen LogP contribution < -0.4 is 19.9 Å². The van der Waals surface area contributed by atoms with E-state index < -0.39 is 0 Å². The molecular formula is C40H42F2N4O2. The van der Waals surface area contributed by atoms with Crippen LogP contribution in [0, 0.1) is 24.5 Å². The number of hydrogen-bond acceptors (Lipinski definition) is 5. The number of fused-ring (bicyclic) bond motifs is 2. The van der Waals surface area contributed by atoms with E-state index in [-0.39, 0.29) is 29.4 Å². The Balaban J connectivity index is 0.884. The molecular weight excluding hydrogens is 606 g/mol. The van der Waals surface area contributed by atoms with Gasteiger partial charge in [0.15, 0.2) is 0 Å². The van der Waals surface area contributed by atoms with Gasteiger partial charge in [-0.2, -0.15) is 0 Å². The second kappa shape index (κ2) is 12.9. The number of piperazine rings is 1. The number of para-hydroxylation sites is 1. The maximum absolute atomic E-state index is 14.9. The van der Waals surface area contributed by atoms with Gasteiger partial charge in [-0.05, 0) is 84.3 Å². The first kappa shape index (κ1) is 30.9. The van der Waals surface area contributed by atoms with E-state index in [2.05, 4.69) is 56.4 Å². The Kier molecular flexibility index (Phi) is 8.29. The Labute approximate surface area is 281 Å². The monoisotopic (exact) mass is 648 g/mol. The second-order valence-corrected chi connectivity index (χ2v) is 13.9. The molecule has 1 amide bonds. The zero-order valence-electron chi connectivity index (χ0n) is 27.4. The number of nitrogens with one attached hydrogen (secondary N) is 1. The largest absolute Gasteiger partial charge is 0.493 e. The van der Waals surface area contributed by atoms with Crippen molar-refractivity contribution in [2.75, 3.05) is 62.2 Å². The zero-order chi connectivity index (χ0) is 32.8. The Morgan fingerprint density at radius 1 is 0.812 bits per heavy atom. The van der Waals surface area contributed by atoms with Gasteiger partial charge in [-0.1, -0.05) is 42.5 Å². The molecule has 4 aliphatic heterocycles. The summed E-state index contributed by atoms with van der Waals surface area (Å²) >= 11 is 0. The summed E-state index contributed by atoms with van der Waals surface area (Å²) < 4.78 is 35.2. The van der Waals surface area contributed by atoms with Gasteiger partial charge in [0.2, 0.25) is 0 Å². The average molecular weight is 649 g/mol. The van der Waals surface area contributed by atoms with Crippen molar-refractivity contribution in [1.82, 2.24) is 10.2 Å². The lowest BCUT2D eigenvalue weighted by Crippen LogP contribution is -2.49. The van der Waals surface area contributed by atoms with Gasteiger partial charge >= 0.3 is 0 Å². The summed E-state index contributed by atoms with van der Waals surface area (Å²) in [5, 5.41) is 2.79. The van der Waals surface area contributed by atoms with Gasteiger partial charge in [0, 0.05) is 81.0 Å². The predicted octanol–water partition coefficient (Wildman–Crippen LogP) is 6.86. The number of aryl methyl sites for hydroxylation is 1. The molecule has 2 fully saturated rings. The van der Waals surface area contributed by atoms with E-state index in [0.29, 0.717) is 35.9 Å². The molecule has 4 heterocycles. The highest BCUT2D eigenvalue weighted by Crippen LogP contribution is 2.46. The highest BCUT2D eigenvalue weighted by atomic mass is 19.1. The molecule has 0 aromatic heterocycles. The van der Waals surface area contributed by atoms with E-state index in [0.717, 1.165) is 75.5 Å². The van der Waals surface area contributed by atoms with Crippen molar-refractivity contribution in [2.45, 2.75) is 38.1 Å². The van der Waals surface area contributed by atoms with Crippen molar-refractivity contribution in [2.24, 2.45) is 5.92 Å². The van der Waals surface area contributed by atoms with Gasteiger partial charge in [0.1, 0.15) is 17.4 Å². The lowest BCUT2D eigenvalue weighted by molar-refractivity contribution is 0.0965. The summed E-state index contributed by atoms with van der Waals surface area (Å²) in [6, 6.07) is 26.1. The van der Waals surface area contributed by atoms with Crippen LogP contribution in [-0.4, -0.2) is 63.2 Å². The molecule has 1 N–H and O–H groups in total. The fourth-order valence-electron chi connectivity index (χ4n) is 8.24. The summed E-state index contributed by atoms with van der Waals surface area (Å²) in [4.78, 5) is 19.1. The van der Waals surface area contributed by atoms with E-state index in [1.165, 1.54) is 22.9 Å². The standard InChI is InChI=1S/C40H42F2N4O2/c1-26-20-29(8-11-35(26)41)34-25-48-38-5-3-2-4-32(38)39(34)28-6-9-31(10-7-28)45-14-12-27(13-15-45)24-44-16-18-46(19-17-44)37-21-30-23-43-40(47)33(30)22-36(37)42/h2-11,20-22,27,34,39H,12-19,23-25H2,1H3,(H,43,47). The first-order valence-electron chi connectivity index (χ1n) is 17.3. The van der Waals surface area contributed by atoms with Crippen molar-refractivity contribution < 1.29 is 18.3 Å². The number of nitrogens with zero attached hydrogens (tertiary/aromatic N) is 3. The third-order valence-electron chi connectivity index (χ3n) is 11.0. The molecule has 0 spiro atoms. The summed E-state index contributed by atoms with van der Waals surface area (Å²) in [5.74, 6) is 1.13. The van der Waals surface area contributed by atoms with Gasteiger partial charge in [-0.25, -0.2) is 8.78 Å². The Hall–Kier alpha value is -4.43. The average Bonchev–Trinajstić information content (AvgIpc) is 3.48. The van der Waals surface area contributed by atoms with Crippen LogP contribution in [-0.2, 0) is 6.54 Å². The molecule has 0 radical (unpaired) electrons. The molecule has 4 aromatic rings. The Morgan fingerprint density at radius 3 is 2.33 bits per heavy atom. The number of carbonyl (C=O) groups is 1. The van der Waals surface area contributed by atoms with Crippen LogP contribution in [0.5, 0.6) is 5.75 Å². The summed E-state index contributed by atoms with van der Waals surface area (Å²) in [6.45, 7) is 9.44. The van der Waals surface area contributed by atoms with E-state index in [9.17, 15) is 13.6 Å². The van der Waals surface area contributed by atoms with Crippen LogP contribution in [0.3, 0.4) is 0 Å².